The molecule has 2 heterocycles. The standard InChI is InChI=1S/C35H35N3O6S2/c1-3-28(33(41)38-34-30(35(42)43-2)26-17-8-5-9-18-29(26)46-34)45-25-16-10-14-23(20-25)36-32(40)27(21-24-15-11-19-44-24)37-31(39)22-12-6-4-7-13-22/h4,6-7,10-16,19-21,28H,3,5,8-9,17-18H2,1-2H3,(H,36,40)(H,37,39)(H,38,41)/b27-21-. The van der Waals surface area contributed by atoms with Crippen LogP contribution < -0.4 is 16.0 Å². The van der Waals surface area contributed by atoms with Crippen LogP contribution in [0, 0.1) is 0 Å². The number of nitrogens with one attached hydrogen (secondary N) is 3. The van der Waals surface area contributed by atoms with E-state index in [1.54, 1.807) is 60.7 Å². The number of anilines is 2. The van der Waals surface area contributed by atoms with Gasteiger partial charge in [0.05, 0.1) is 24.2 Å². The van der Waals surface area contributed by atoms with E-state index in [-0.39, 0.29) is 11.6 Å². The number of thioether (sulfide) groups is 1. The van der Waals surface area contributed by atoms with Gasteiger partial charge in [-0.05, 0) is 80.1 Å². The molecule has 0 saturated carbocycles. The van der Waals surface area contributed by atoms with E-state index in [0.717, 1.165) is 47.4 Å². The average molecular weight is 658 g/mol. The van der Waals surface area contributed by atoms with E-state index in [0.29, 0.717) is 34.0 Å². The fraction of sp³-hybridized carbons (Fsp3) is 0.257. The Labute approximate surface area is 275 Å². The van der Waals surface area contributed by atoms with Crippen LogP contribution >= 0.6 is 23.1 Å². The molecule has 0 fully saturated rings. The number of aryl methyl sites for hydroxylation is 1. The molecule has 46 heavy (non-hydrogen) atoms. The number of rotatable bonds is 11. The number of thiophene rings is 1. The molecule has 0 radical (unpaired) electrons. The van der Waals surface area contributed by atoms with E-state index >= 15 is 0 Å². The van der Waals surface area contributed by atoms with Crippen LogP contribution in [0.15, 0.2) is 88.0 Å². The van der Waals surface area contributed by atoms with Gasteiger partial charge in [0.25, 0.3) is 11.8 Å². The largest absolute Gasteiger partial charge is 0.465 e. The van der Waals surface area contributed by atoms with Crippen LogP contribution in [0.4, 0.5) is 10.7 Å². The molecule has 1 aliphatic carbocycles. The normalized spacial score (nSPS) is 13.6. The molecule has 4 aromatic rings. The third kappa shape index (κ3) is 8.15. The summed E-state index contributed by atoms with van der Waals surface area (Å²) < 4.78 is 10.5. The van der Waals surface area contributed by atoms with Crippen molar-refractivity contribution in [1.82, 2.24) is 5.32 Å². The molecule has 1 atom stereocenters. The predicted octanol–water partition coefficient (Wildman–Crippen LogP) is 7.32. The summed E-state index contributed by atoms with van der Waals surface area (Å²) in [5.74, 6) is -1.22. The Morgan fingerprint density at radius 1 is 0.978 bits per heavy atom. The molecule has 1 unspecified atom stereocenters. The number of carbonyl (C=O) groups is 4. The average Bonchev–Trinajstić information content (AvgIpc) is 3.64. The molecule has 5 rings (SSSR count). The van der Waals surface area contributed by atoms with Crippen LogP contribution in [0.25, 0.3) is 6.08 Å². The first kappa shape index (κ1) is 32.8. The van der Waals surface area contributed by atoms with Crippen molar-refractivity contribution in [3.8, 4) is 0 Å². The van der Waals surface area contributed by atoms with Gasteiger partial charge in [0.2, 0.25) is 5.91 Å². The lowest BCUT2D eigenvalue weighted by atomic mass is 10.1. The van der Waals surface area contributed by atoms with E-state index in [1.165, 1.54) is 42.5 Å². The van der Waals surface area contributed by atoms with Gasteiger partial charge < -0.3 is 25.1 Å². The van der Waals surface area contributed by atoms with E-state index in [1.807, 2.05) is 13.0 Å². The van der Waals surface area contributed by atoms with Crippen molar-refractivity contribution in [2.24, 2.45) is 0 Å². The molecule has 2 aromatic heterocycles. The Kier molecular flexibility index (Phi) is 11.1. The number of hydrogen-bond donors (Lipinski definition) is 3. The van der Waals surface area contributed by atoms with Crippen molar-refractivity contribution in [2.75, 3.05) is 17.7 Å². The third-order valence-electron chi connectivity index (χ3n) is 7.44. The second kappa shape index (κ2) is 15.6. The summed E-state index contributed by atoms with van der Waals surface area (Å²) in [4.78, 5) is 54.4. The molecule has 3 N–H and O–H groups in total. The van der Waals surface area contributed by atoms with Crippen LogP contribution in [0.2, 0.25) is 0 Å². The van der Waals surface area contributed by atoms with Gasteiger partial charge >= 0.3 is 5.97 Å². The molecule has 3 amide bonds. The van der Waals surface area contributed by atoms with Gasteiger partial charge in [0.15, 0.2) is 0 Å². The number of amides is 3. The highest BCUT2D eigenvalue weighted by molar-refractivity contribution is 8.00. The summed E-state index contributed by atoms with van der Waals surface area (Å²) in [7, 11) is 1.36. The SMILES string of the molecule is CCC(Sc1cccc(NC(=O)/C(=C/c2ccco2)NC(=O)c2ccccc2)c1)C(=O)Nc1sc2c(c1C(=O)OC)CCCCC2. The van der Waals surface area contributed by atoms with Gasteiger partial charge in [-0.2, -0.15) is 0 Å². The molecule has 238 valence electrons. The smallest absolute Gasteiger partial charge is 0.341 e. The molecule has 2 aromatic carbocycles. The van der Waals surface area contributed by atoms with Crippen molar-refractivity contribution in [3.63, 3.8) is 0 Å². The van der Waals surface area contributed by atoms with Gasteiger partial charge in [0.1, 0.15) is 16.5 Å². The Morgan fingerprint density at radius 3 is 2.52 bits per heavy atom. The van der Waals surface area contributed by atoms with Crippen molar-refractivity contribution in [1.29, 1.82) is 0 Å². The molecule has 1 aliphatic rings. The van der Waals surface area contributed by atoms with Crippen LogP contribution in [0.5, 0.6) is 0 Å². The number of fused-ring (bicyclic) bond motifs is 1. The first-order chi connectivity index (χ1) is 22.4. The van der Waals surface area contributed by atoms with Gasteiger partial charge in [0, 0.05) is 27.1 Å². The summed E-state index contributed by atoms with van der Waals surface area (Å²) in [6.07, 6.45) is 8.32. The summed E-state index contributed by atoms with van der Waals surface area (Å²) in [6, 6.07) is 19.1. The molecular weight excluding hydrogens is 623 g/mol. The van der Waals surface area contributed by atoms with E-state index in [4.69, 9.17) is 9.15 Å². The zero-order valence-electron chi connectivity index (χ0n) is 25.6. The topological polar surface area (TPSA) is 127 Å². The van der Waals surface area contributed by atoms with Crippen LogP contribution in [0.3, 0.4) is 0 Å². The van der Waals surface area contributed by atoms with Gasteiger partial charge in [-0.25, -0.2) is 4.79 Å². The number of hydrogen-bond acceptors (Lipinski definition) is 8. The van der Waals surface area contributed by atoms with E-state index in [2.05, 4.69) is 16.0 Å². The first-order valence-electron chi connectivity index (χ1n) is 15.1. The highest BCUT2D eigenvalue weighted by atomic mass is 32.2. The zero-order chi connectivity index (χ0) is 32.5. The van der Waals surface area contributed by atoms with E-state index in [9.17, 15) is 19.2 Å². The maximum absolute atomic E-state index is 13.5. The molecule has 9 nitrogen and oxygen atoms in total. The monoisotopic (exact) mass is 657 g/mol. The predicted molar refractivity (Wildman–Crippen MR) is 181 cm³/mol. The lowest BCUT2D eigenvalue weighted by Crippen LogP contribution is -2.30. The Balaban J connectivity index is 1.29. The van der Waals surface area contributed by atoms with E-state index < -0.39 is 23.0 Å². The minimum Gasteiger partial charge on any atom is -0.465 e. The minimum absolute atomic E-state index is 0.00318. The molecular formula is C35H35N3O6S2. The van der Waals surface area contributed by atoms with Crippen LogP contribution in [-0.2, 0) is 27.2 Å². The first-order valence-corrected chi connectivity index (χ1v) is 16.8. The second-order valence-electron chi connectivity index (χ2n) is 10.6. The van der Waals surface area contributed by atoms with Crippen LogP contribution in [0.1, 0.15) is 69.5 Å². The molecule has 0 bridgehead atoms. The lowest BCUT2D eigenvalue weighted by Gasteiger charge is -2.16. The van der Waals surface area contributed by atoms with Crippen molar-refractivity contribution < 1.29 is 28.3 Å². The Bertz CT molecular complexity index is 1730. The highest BCUT2D eigenvalue weighted by Gasteiger charge is 2.28. The minimum atomic E-state index is -0.541. The molecule has 0 spiro atoms. The van der Waals surface area contributed by atoms with Gasteiger partial charge in [-0.3, -0.25) is 14.4 Å². The zero-order valence-corrected chi connectivity index (χ0v) is 27.2. The number of furan rings is 1. The number of esters is 1. The molecule has 11 heteroatoms. The summed E-state index contributed by atoms with van der Waals surface area (Å²) in [6.45, 7) is 1.93. The van der Waals surface area contributed by atoms with Crippen LogP contribution in [-0.4, -0.2) is 36.1 Å². The second-order valence-corrected chi connectivity index (χ2v) is 13.0. The van der Waals surface area contributed by atoms with Crippen molar-refractivity contribution in [2.45, 2.75) is 55.6 Å². The Hall–Kier alpha value is -4.61. The maximum Gasteiger partial charge on any atom is 0.341 e. The quantitative estimate of drug-likeness (QED) is 0.0668. The summed E-state index contributed by atoms with van der Waals surface area (Å²) >= 11 is 2.83. The van der Waals surface area contributed by atoms with Crippen molar-refractivity contribution in [3.05, 3.63) is 106 Å². The number of benzene rings is 2. The third-order valence-corrected chi connectivity index (χ3v) is 10.0. The molecule has 0 aliphatic heterocycles. The summed E-state index contributed by atoms with van der Waals surface area (Å²) in [5, 5.41) is 8.63. The maximum atomic E-state index is 13.5. The fourth-order valence-electron chi connectivity index (χ4n) is 5.13. The highest BCUT2D eigenvalue weighted by Crippen LogP contribution is 2.39. The van der Waals surface area contributed by atoms with Gasteiger partial charge in [-0.15, -0.1) is 23.1 Å². The number of carbonyl (C=O) groups excluding carboxylic acids is 4. The number of methoxy groups -OCH3 is 1. The number of ether oxygens (including phenoxy) is 1. The van der Waals surface area contributed by atoms with Crippen molar-refractivity contribution >= 4 is 63.6 Å². The molecule has 0 saturated heterocycles. The lowest BCUT2D eigenvalue weighted by molar-refractivity contribution is -0.116. The van der Waals surface area contributed by atoms with Gasteiger partial charge in [-0.1, -0.05) is 37.6 Å². The fourth-order valence-corrected chi connectivity index (χ4v) is 7.42. The summed E-state index contributed by atoms with van der Waals surface area (Å²) in [5.41, 5.74) is 2.36. The Morgan fingerprint density at radius 2 is 1.78 bits per heavy atom.